The van der Waals surface area contributed by atoms with E-state index >= 15 is 0 Å². The van der Waals surface area contributed by atoms with E-state index in [1.54, 1.807) is 7.05 Å². The number of β-amino-alcohol motifs (C(OH)–C–C–N with tert-alkyl or cyclic N) is 1. The summed E-state index contributed by atoms with van der Waals surface area (Å²) < 4.78 is 0. The molecule has 1 fully saturated rings. The van der Waals surface area contributed by atoms with Crippen molar-refractivity contribution in [3.8, 4) is 0 Å². The van der Waals surface area contributed by atoms with Crippen molar-refractivity contribution < 1.29 is 9.90 Å². The molecule has 2 N–H and O–H groups in total. The fourth-order valence-electron chi connectivity index (χ4n) is 2.97. The molecule has 1 amide bonds. The molecule has 4 nitrogen and oxygen atoms in total. The highest BCUT2D eigenvalue weighted by atomic mass is 16.3. The molecule has 0 bridgehead atoms. The zero-order valence-electron chi connectivity index (χ0n) is 13.3. The van der Waals surface area contributed by atoms with Gasteiger partial charge in [0.05, 0.1) is 12.0 Å². The number of amides is 1. The molecule has 22 heavy (non-hydrogen) atoms. The van der Waals surface area contributed by atoms with Gasteiger partial charge in [0, 0.05) is 20.1 Å². The number of carbonyl (C=O) groups excluding carboxylic acids is 1. The SMILES string of the molecule is CNC(=O)CC1(O)CCCN(CC/C=C/c2ccccc2)C1. The van der Waals surface area contributed by atoms with Crippen LogP contribution in [0.2, 0.25) is 0 Å². The number of carbonyl (C=O) groups is 1. The number of piperidine rings is 1. The van der Waals surface area contributed by atoms with E-state index in [1.165, 1.54) is 5.56 Å². The molecule has 2 rings (SSSR count). The van der Waals surface area contributed by atoms with Crippen LogP contribution >= 0.6 is 0 Å². The van der Waals surface area contributed by atoms with E-state index in [0.29, 0.717) is 13.0 Å². The minimum absolute atomic E-state index is 0.0895. The Balaban J connectivity index is 1.78. The number of likely N-dealkylation sites (tertiary alicyclic amines) is 1. The van der Waals surface area contributed by atoms with Gasteiger partial charge in [-0.1, -0.05) is 42.5 Å². The first-order valence-electron chi connectivity index (χ1n) is 7.98. The fraction of sp³-hybridized carbons (Fsp3) is 0.500. The first-order chi connectivity index (χ1) is 10.6. The summed E-state index contributed by atoms with van der Waals surface area (Å²) in [6, 6.07) is 10.2. The van der Waals surface area contributed by atoms with Gasteiger partial charge in [0.15, 0.2) is 0 Å². The molecule has 0 saturated carbocycles. The van der Waals surface area contributed by atoms with Crippen molar-refractivity contribution in [3.63, 3.8) is 0 Å². The summed E-state index contributed by atoms with van der Waals surface area (Å²) in [5, 5.41) is 13.2. The van der Waals surface area contributed by atoms with Crippen molar-refractivity contribution in [1.82, 2.24) is 10.2 Å². The van der Waals surface area contributed by atoms with E-state index < -0.39 is 5.60 Å². The van der Waals surface area contributed by atoms with Crippen LogP contribution in [0.5, 0.6) is 0 Å². The zero-order valence-corrected chi connectivity index (χ0v) is 13.3. The van der Waals surface area contributed by atoms with Crippen LogP contribution in [0.1, 0.15) is 31.2 Å². The second-order valence-corrected chi connectivity index (χ2v) is 6.06. The number of aliphatic hydroxyl groups is 1. The number of hydrogen-bond acceptors (Lipinski definition) is 3. The largest absolute Gasteiger partial charge is 0.388 e. The Morgan fingerprint density at radius 2 is 2.18 bits per heavy atom. The van der Waals surface area contributed by atoms with Gasteiger partial charge in [-0.2, -0.15) is 0 Å². The average Bonchev–Trinajstić information content (AvgIpc) is 2.52. The van der Waals surface area contributed by atoms with Crippen LogP contribution in [0.4, 0.5) is 0 Å². The van der Waals surface area contributed by atoms with Crippen molar-refractivity contribution in [3.05, 3.63) is 42.0 Å². The molecule has 1 aromatic rings. The normalized spacial score (nSPS) is 22.8. The molecule has 1 heterocycles. The molecule has 1 saturated heterocycles. The highest BCUT2D eigenvalue weighted by molar-refractivity contribution is 5.76. The van der Waals surface area contributed by atoms with Gasteiger partial charge in [0.2, 0.25) is 5.91 Å². The van der Waals surface area contributed by atoms with Gasteiger partial charge in [0.1, 0.15) is 0 Å². The summed E-state index contributed by atoms with van der Waals surface area (Å²) in [5.41, 5.74) is 0.332. The Kier molecular flexibility index (Phi) is 6.16. The molecule has 120 valence electrons. The molecule has 0 aromatic heterocycles. The minimum atomic E-state index is -0.874. The third kappa shape index (κ3) is 5.28. The number of benzene rings is 1. The van der Waals surface area contributed by atoms with Crippen LogP contribution in [0, 0.1) is 0 Å². The predicted molar refractivity (Wildman–Crippen MR) is 89.4 cm³/mol. The molecule has 0 aliphatic carbocycles. The molecule has 4 heteroatoms. The molecular formula is C18H26N2O2. The fourth-order valence-corrected chi connectivity index (χ4v) is 2.97. The molecule has 0 radical (unpaired) electrons. The van der Waals surface area contributed by atoms with E-state index in [4.69, 9.17) is 0 Å². The van der Waals surface area contributed by atoms with E-state index in [2.05, 4.69) is 34.5 Å². The Morgan fingerprint density at radius 3 is 2.91 bits per heavy atom. The summed E-state index contributed by atoms with van der Waals surface area (Å²) >= 11 is 0. The lowest BCUT2D eigenvalue weighted by Gasteiger charge is -2.38. The summed E-state index contributed by atoms with van der Waals surface area (Å²) in [6.45, 7) is 2.49. The zero-order chi connectivity index (χ0) is 15.8. The van der Waals surface area contributed by atoms with Crippen LogP contribution in [0.15, 0.2) is 36.4 Å². The average molecular weight is 302 g/mol. The molecule has 1 aromatic carbocycles. The van der Waals surface area contributed by atoms with Gasteiger partial charge < -0.3 is 15.3 Å². The van der Waals surface area contributed by atoms with Crippen LogP contribution in [0.25, 0.3) is 6.08 Å². The second kappa shape index (κ2) is 8.11. The highest BCUT2D eigenvalue weighted by Crippen LogP contribution is 2.24. The third-order valence-corrected chi connectivity index (χ3v) is 4.12. The highest BCUT2D eigenvalue weighted by Gasteiger charge is 2.34. The summed E-state index contributed by atoms with van der Waals surface area (Å²) in [5.74, 6) is -0.0895. The standard InChI is InChI=1S/C18H26N2O2/c1-19-17(21)14-18(22)11-7-13-20(15-18)12-6-5-10-16-8-3-2-4-9-16/h2-5,8-10,22H,6-7,11-15H2,1H3,(H,19,21)/b10-5+. The summed E-state index contributed by atoms with van der Waals surface area (Å²) in [7, 11) is 1.61. The first-order valence-corrected chi connectivity index (χ1v) is 7.98. The molecule has 1 aliphatic rings. The van der Waals surface area contributed by atoms with Crippen molar-refractivity contribution in [2.24, 2.45) is 0 Å². The molecular weight excluding hydrogens is 276 g/mol. The first kappa shape index (κ1) is 16.7. The Morgan fingerprint density at radius 1 is 1.41 bits per heavy atom. The van der Waals surface area contributed by atoms with Crippen LogP contribution in [0.3, 0.4) is 0 Å². The van der Waals surface area contributed by atoms with Gasteiger partial charge in [-0.25, -0.2) is 0 Å². The number of nitrogens with one attached hydrogen (secondary N) is 1. The maximum atomic E-state index is 11.5. The van der Waals surface area contributed by atoms with Crippen LogP contribution < -0.4 is 5.32 Å². The number of rotatable bonds is 6. The topological polar surface area (TPSA) is 52.6 Å². The van der Waals surface area contributed by atoms with Crippen LogP contribution in [-0.2, 0) is 4.79 Å². The second-order valence-electron chi connectivity index (χ2n) is 6.06. The Hall–Kier alpha value is -1.65. The van der Waals surface area contributed by atoms with Crippen molar-refractivity contribution in [2.75, 3.05) is 26.7 Å². The smallest absolute Gasteiger partial charge is 0.222 e. The van der Waals surface area contributed by atoms with E-state index in [1.807, 2.05) is 18.2 Å². The van der Waals surface area contributed by atoms with Gasteiger partial charge in [-0.05, 0) is 31.4 Å². The van der Waals surface area contributed by atoms with Crippen molar-refractivity contribution in [1.29, 1.82) is 0 Å². The minimum Gasteiger partial charge on any atom is -0.388 e. The lowest BCUT2D eigenvalue weighted by Crippen LogP contribution is -2.50. The van der Waals surface area contributed by atoms with E-state index in [0.717, 1.165) is 25.9 Å². The van der Waals surface area contributed by atoms with Crippen molar-refractivity contribution >= 4 is 12.0 Å². The number of hydrogen-bond donors (Lipinski definition) is 2. The van der Waals surface area contributed by atoms with Crippen LogP contribution in [-0.4, -0.2) is 48.2 Å². The van der Waals surface area contributed by atoms with Gasteiger partial charge in [-0.15, -0.1) is 0 Å². The Labute approximate surface area is 132 Å². The van der Waals surface area contributed by atoms with Gasteiger partial charge in [-0.3, -0.25) is 4.79 Å². The molecule has 1 unspecified atom stereocenters. The number of nitrogens with zero attached hydrogens (tertiary/aromatic N) is 1. The predicted octanol–water partition coefficient (Wildman–Crippen LogP) is 2.05. The van der Waals surface area contributed by atoms with Gasteiger partial charge >= 0.3 is 0 Å². The summed E-state index contributed by atoms with van der Waals surface area (Å²) in [6.07, 6.45) is 7.08. The quantitative estimate of drug-likeness (QED) is 0.845. The molecule has 1 atom stereocenters. The lowest BCUT2D eigenvalue weighted by molar-refractivity contribution is -0.128. The summed E-state index contributed by atoms with van der Waals surface area (Å²) in [4.78, 5) is 13.8. The maximum Gasteiger partial charge on any atom is 0.222 e. The molecule has 1 aliphatic heterocycles. The van der Waals surface area contributed by atoms with Crippen molar-refractivity contribution in [2.45, 2.75) is 31.3 Å². The van der Waals surface area contributed by atoms with E-state index in [-0.39, 0.29) is 12.3 Å². The monoisotopic (exact) mass is 302 g/mol. The lowest BCUT2D eigenvalue weighted by atomic mass is 9.89. The Bertz CT molecular complexity index is 501. The molecule has 0 spiro atoms. The maximum absolute atomic E-state index is 11.5. The van der Waals surface area contributed by atoms with E-state index in [9.17, 15) is 9.90 Å². The van der Waals surface area contributed by atoms with Gasteiger partial charge in [0.25, 0.3) is 0 Å². The third-order valence-electron chi connectivity index (χ3n) is 4.12.